The van der Waals surface area contributed by atoms with Gasteiger partial charge in [0.05, 0.1) is 22.5 Å². The van der Waals surface area contributed by atoms with Crippen molar-refractivity contribution in [1.29, 1.82) is 0 Å². The van der Waals surface area contributed by atoms with E-state index in [1.165, 1.54) is 15.5 Å². The van der Waals surface area contributed by atoms with Crippen molar-refractivity contribution in [2.75, 3.05) is 30.4 Å². The number of nitro groups is 1. The van der Waals surface area contributed by atoms with Crippen LogP contribution in [0.3, 0.4) is 0 Å². The Balaban J connectivity index is 1.57. The van der Waals surface area contributed by atoms with Crippen LogP contribution < -0.4 is 20.6 Å². The first kappa shape index (κ1) is 22.8. The molecule has 4 aromatic rings. The number of likely N-dealkylation sites (N-methyl/N-ethyl adjacent to an activating group) is 1. The number of aryl methyl sites for hydroxylation is 3. The normalized spacial score (nSPS) is 10.9. The fraction of sp³-hybridized carbons (Fsp3) is 0.261. The largest absolute Gasteiger partial charge is 0.492 e. The molecule has 0 bridgehead atoms. The van der Waals surface area contributed by atoms with Gasteiger partial charge in [-0.05, 0) is 42.8 Å². The molecular weight excluding hydrogens is 438 g/mol. The van der Waals surface area contributed by atoms with E-state index >= 15 is 0 Å². The molecule has 2 aromatic carbocycles. The lowest BCUT2D eigenvalue weighted by molar-refractivity contribution is -0.383. The van der Waals surface area contributed by atoms with Crippen LogP contribution in [0.5, 0.6) is 5.75 Å². The second-order valence-electron chi connectivity index (χ2n) is 7.97. The van der Waals surface area contributed by atoms with Gasteiger partial charge in [0.25, 0.3) is 0 Å². The monoisotopic (exact) mass is 463 g/mol. The number of benzene rings is 2. The fourth-order valence-corrected chi connectivity index (χ4v) is 3.74. The van der Waals surface area contributed by atoms with Crippen molar-refractivity contribution in [3.05, 3.63) is 75.0 Å². The van der Waals surface area contributed by atoms with E-state index in [1.807, 2.05) is 31.2 Å². The zero-order valence-corrected chi connectivity index (χ0v) is 19.3. The van der Waals surface area contributed by atoms with Gasteiger partial charge in [0.2, 0.25) is 11.6 Å². The molecule has 0 aliphatic rings. The minimum absolute atomic E-state index is 0.0572. The van der Waals surface area contributed by atoms with Crippen LogP contribution in [0.1, 0.15) is 5.56 Å². The van der Waals surface area contributed by atoms with Crippen molar-refractivity contribution < 1.29 is 9.66 Å². The average molecular weight is 463 g/mol. The third-order valence-corrected chi connectivity index (χ3v) is 5.57. The number of hydrogen-bond acceptors (Lipinski definition) is 8. The number of hydrogen-bond donors (Lipinski definition) is 1. The highest BCUT2D eigenvalue weighted by molar-refractivity contribution is 5.83. The summed E-state index contributed by atoms with van der Waals surface area (Å²) in [5.41, 5.74) is 2.69. The van der Waals surface area contributed by atoms with Crippen molar-refractivity contribution >= 4 is 34.0 Å². The van der Waals surface area contributed by atoms with Crippen molar-refractivity contribution in [3.63, 3.8) is 0 Å². The number of nitrogens with one attached hydrogen (secondary N) is 1. The summed E-state index contributed by atoms with van der Waals surface area (Å²) in [7, 11) is 5.08. The summed E-state index contributed by atoms with van der Waals surface area (Å²) in [6, 6.07) is 12.9. The predicted molar refractivity (Wildman–Crippen MR) is 130 cm³/mol. The minimum atomic E-state index is -0.508. The van der Waals surface area contributed by atoms with E-state index in [0.717, 1.165) is 16.8 Å². The molecule has 0 unspecified atom stereocenters. The van der Waals surface area contributed by atoms with Gasteiger partial charge >= 0.3 is 11.4 Å². The van der Waals surface area contributed by atoms with Crippen LogP contribution in [0.15, 0.2) is 53.6 Å². The van der Waals surface area contributed by atoms with E-state index in [4.69, 9.17) is 4.74 Å². The van der Waals surface area contributed by atoms with Gasteiger partial charge in [-0.2, -0.15) is 0 Å². The van der Waals surface area contributed by atoms with Gasteiger partial charge in [-0.3, -0.25) is 19.2 Å². The summed E-state index contributed by atoms with van der Waals surface area (Å²) in [6.45, 7) is 2.68. The number of rotatable bonds is 8. The summed E-state index contributed by atoms with van der Waals surface area (Å²) in [5.74, 6) is 0.962. The molecule has 0 aliphatic heterocycles. The third kappa shape index (κ3) is 4.40. The minimum Gasteiger partial charge on any atom is -0.492 e. The van der Waals surface area contributed by atoms with Crippen LogP contribution in [-0.2, 0) is 14.1 Å². The van der Waals surface area contributed by atoms with Gasteiger partial charge in [-0.15, -0.1) is 0 Å². The predicted octanol–water partition coefficient (Wildman–Crippen LogP) is 3.14. The number of ether oxygens (including phenoxy) is 1. The molecule has 2 aromatic heterocycles. The van der Waals surface area contributed by atoms with Crippen molar-refractivity contribution in [2.24, 2.45) is 14.1 Å². The highest BCUT2D eigenvalue weighted by Gasteiger charge is 2.26. The molecule has 0 radical (unpaired) electrons. The molecule has 11 nitrogen and oxygen atoms in total. The zero-order valence-electron chi connectivity index (χ0n) is 19.3. The number of anilines is 3. The average Bonchev–Trinajstić information content (AvgIpc) is 3.02. The van der Waals surface area contributed by atoms with Crippen LogP contribution in [-0.4, -0.2) is 44.2 Å². The molecule has 2 heterocycles. The number of aromatic nitrogens is 4. The highest BCUT2D eigenvalue weighted by Crippen LogP contribution is 2.33. The quantitative estimate of drug-likeness (QED) is 0.313. The molecule has 34 heavy (non-hydrogen) atoms. The van der Waals surface area contributed by atoms with Gasteiger partial charge < -0.3 is 15.0 Å². The van der Waals surface area contributed by atoms with E-state index in [-0.39, 0.29) is 23.0 Å². The van der Waals surface area contributed by atoms with Crippen LogP contribution in [0.25, 0.3) is 11.0 Å². The van der Waals surface area contributed by atoms with E-state index in [0.29, 0.717) is 24.4 Å². The zero-order chi connectivity index (χ0) is 24.4. The van der Waals surface area contributed by atoms with Gasteiger partial charge in [0.1, 0.15) is 18.7 Å². The highest BCUT2D eigenvalue weighted by atomic mass is 16.6. The van der Waals surface area contributed by atoms with Crippen LogP contribution in [0.2, 0.25) is 0 Å². The SMILES string of the molecule is Cc1cccc(OCCN(C)c2ncnc(Nc3ccc4c(c3)n(C)c(=O)n4C)c2[N+](=O)[O-])c1. The van der Waals surface area contributed by atoms with Crippen LogP contribution in [0.4, 0.5) is 23.0 Å². The fourth-order valence-electron chi connectivity index (χ4n) is 3.74. The number of nitrogens with zero attached hydrogens (tertiary/aromatic N) is 6. The molecule has 0 saturated carbocycles. The van der Waals surface area contributed by atoms with Crippen molar-refractivity contribution in [3.8, 4) is 5.75 Å². The maximum Gasteiger partial charge on any atom is 0.353 e. The second kappa shape index (κ2) is 9.22. The Hall–Kier alpha value is -4.41. The third-order valence-electron chi connectivity index (χ3n) is 5.57. The number of fused-ring (bicyclic) bond motifs is 1. The van der Waals surface area contributed by atoms with E-state index < -0.39 is 4.92 Å². The molecule has 0 saturated heterocycles. The van der Waals surface area contributed by atoms with Gasteiger partial charge in [0, 0.05) is 26.8 Å². The summed E-state index contributed by atoms with van der Waals surface area (Å²) in [5, 5.41) is 15.0. The molecule has 0 atom stereocenters. The Labute approximate surface area is 195 Å². The lowest BCUT2D eigenvalue weighted by Gasteiger charge is -2.19. The molecule has 0 spiro atoms. The van der Waals surface area contributed by atoms with E-state index in [2.05, 4.69) is 15.3 Å². The van der Waals surface area contributed by atoms with Gasteiger partial charge in [-0.25, -0.2) is 14.8 Å². The molecule has 1 N–H and O–H groups in total. The molecular formula is C23H25N7O4. The van der Waals surface area contributed by atoms with Crippen molar-refractivity contribution in [2.45, 2.75) is 6.92 Å². The standard InChI is InChI=1S/C23H25N7O4/c1-15-6-5-7-17(12-15)34-11-10-27(2)22-20(30(32)33)21(24-14-25-22)26-16-8-9-18-19(13-16)29(4)23(31)28(18)3/h5-9,12-14H,10-11H2,1-4H3,(H,24,25,26). The van der Waals surface area contributed by atoms with E-state index in [9.17, 15) is 14.9 Å². The lowest BCUT2D eigenvalue weighted by Crippen LogP contribution is -2.26. The van der Waals surface area contributed by atoms with Crippen LogP contribution >= 0.6 is 0 Å². The maximum absolute atomic E-state index is 12.2. The van der Waals surface area contributed by atoms with E-state index in [1.54, 1.807) is 44.2 Å². The summed E-state index contributed by atoms with van der Waals surface area (Å²) in [4.78, 5) is 33.6. The number of imidazole rings is 1. The smallest absolute Gasteiger partial charge is 0.353 e. The molecule has 0 aliphatic carbocycles. The lowest BCUT2D eigenvalue weighted by atomic mass is 10.2. The Bertz CT molecular complexity index is 1430. The van der Waals surface area contributed by atoms with Gasteiger partial charge in [-0.1, -0.05) is 12.1 Å². The Morgan fingerprint density at radius 1 is 1.12 bits per heavy atom. The molecule has 0 amide bonds. The van der Waals surface area contributed by atoms with Crippen LogP contribution in [0, 0.1) is 17.0 Å². The Morgan fingerprint density at radius 2 is 1.88 bits per heavy atom. The topological polar surface area (TPSA) is 120 Å². The molecule has 4 rings (SSSR count). The Kier molecular flexibility index (Phi) is 6.17. The second-order valence-corrected chi connectivity index (χ2v) is 7.97. The maximum atomic E-state index is 12.2. The first-order valence-corrected chi connectivity index (χ1v) is 10.6. The summed E-state index contributed by atoms with van der Waals surface area (Å²) in [6.07, 6.45) is 1.28. The van der Waals surface area contributed by atoms with Crippen molar-refractivity contribution in [1.82, 2.24) is 19.1 Å². The first-order valence-electron chi connectivity index (χ1n) is 10.6. The molecule has 11 heteroatoms. The summed E-state index contributed by atoms with van der Waals surface area (Å²) < 4.78 is 8.82. The Morgan fingerprint density at radius 3 is 2.62 bits per heavy atom. The van der Waals surface area contributed by atoms with Gasteiger partial charge in [0.15, 0.2) is 0 Å². The summed E-state index contributed by atoms with van der Waals surface area (Å²) >= 11 is 0. The first-order chi connectivity index (χ1) is 16.3. The molecule has 176 valence electrons. The molecule has 0 fully saturated rings.